The lowest BCUT2D eigenvalue weighted by atomic mass is 9.86. The van der Waals surface area contributed by atoms with Crippen LogP contribution < -0.4 is 9.46 Å². The third-order valence-electron chi connectivity index (χ3n) is 2.57. The molecule has 0 fully saturated rings. The Hall–Kier alpha value is -1.54. The molecule has 0 amide bonds. The maximum atomic E-state index is 11.1. The summed E-state index contributed by atoms with van der Waals surface area (Å²) in [7, 11) is 2.25. The molecule has 0 bridgehead atoms. The van der Waals surface area contributed by atoms with E-state index in [9.17, 15) is 18.5 Å². The Morgan fingerprint density at radius 3 is 2.25 bits per heavy atom. The number of nitrogens with zero attached hydrogens (tertiary/aromatic N) is 1. The summed E-state index contributed by atoms with van der Waals surface area (Å²) >= 11 is 0. The lowest BCUT2D eigenvalue weighted by Crippen LogP contribution is -2.14. The largest absolute Gasteiger partial charge is 0.489 e. The van der Waals surface area contributed by atoms with Gasteiger partial charge in [-0.1, -0.05) is 20.8 Å². The van der Waals surface area contributed by atoms with E-state index >= 15 is 0 Å². The molecule has 1 N–H and O–H groups in total. The summed E-state index contributed by atoms with van der Waals surface area (Å²) in [5.74, 6) is -0.188. The number of anilines is 1. The maximum absolute atomic E-state index is 11.1. The molecule has 1 aromatic rings. The highest BCUT2D eigenvalue weighted by molar-refractivity contribution is 8.14. The third kappa shape index (κ3) is 3.97. The van der Waals surface area contributed by atoms with Crippen molar-refractivity contribution in [2.75, 3.05) is 11.8 Å². The van der Waals surface area contributed by atoms with Crippen molar-refractivity contribution in [1.29, 1.82) is 0 Å². The van der Waals surface area contributed by atoms with Gasteiger partial charge in [0.25, 0.3) is 0 Å². The van der Waals surface area contributed by atoms with E-state index < -0.39 is 19.6 Å². The summed E-state index contributed by atoms with van der Waals surface area (Å²) in [4.78, 5) is 10.5. The van der Waals surface area contributed by atoms with Gasteiger partial charge in [0, 0.05) is 16.7 Å². The quantitative estimate of drug-likeness (QED) is 0.522. The van der Waals surface area contributed by atoms with Crippen molar-refractivity contribution in [2.24, 2.45) is 0 Å². The minimum Gasteiger partial charge on any atom is -0.489 e. The van der Waals surface area contributed by atoms with Gasteiger partial charge in [-0.05, 0) is 17.0 Å². The molecule has 1 rings (SSSR count). The van der Waals surface area contributed by atoms with Crippen LogP contribution in [0.1, 0.15) is 26.3 Å². The number of ether oxygens (including phenoxy) is 1. The second-order valence-electron chi connectivity index (χ2n) is 5.12. The summed E-state index contributed by atoms with van der Waals surface area (Å²) in [6.07, 6.45) is 0. The molecule has 1 aromatic carbocycles. The Morgan fingerprint density at radius 2 is 1.90 bits per heavy atom. The van der Waals surface area contributed by atoms with Crippen LogP contribution in [0.3, 0.4) is 0 Å². The highest BCUT2D eigenvalue weighted by Gasteiger charge is 2.26. The normalized spacial score (nSPS) is 12.1. The van der Waals surface area contributed by atoms with Crippen LogP contribution in [0.2, 0.25) is 0 Å². The van der Waals surface area contributed by atoms with Crippen molar-refractivity contribution >= 4 is 31.3 Å². The first-order valence-corrected chi connectivity index (χ1v) is 7.86. The molecule has 0 heterocycles. The highest BCUT2D eigenvalue weighted by Crippen LogP contribution is 2.40. The highest BCUT2D eigenvalue weighted by atomic mass is 35.7. The Bertz CT molecular complexity index is 637. The van der Waals surface area contributed by atoms with Gasteiger partial charge in [-0.2, -0.15) is 8.42 Å². The molecule has 0 saturated carbocycles. The predicted octanol–water partition coefficient (Wildman–Crippen LogP) is 2.80. The SMILES string of the molecule is COc1c(NS(=O)(=O)Cl)cc(C(C)(C)C)cc1[N+](=O)[O-]. The minimum absolute atomic E-state index is 0.0679. The molecule has 20 heavy (non-hydrogen) atoms. The van der Waals surface area contributed by atoms with Gasteiger partial charge in [-0.3, -0.25) is 14.8 Å². The fourth-order valence-corrected chi connectivity index (χ4v) is 2.27. The lowest BCUT2D eigenvalue weighted by Gasteiger charge is -2.21. The number of nitrogens with one attached hydrogen (secondary N) is 1. The van der Waals surface area contributed by atoms with Gasteiger partial charge >= 0.3 is 14.9 Å². The van der Waals surface area contributed by atoms with Gasteiger partial charge < -0.3 is 4.74 Å². The molecule has 0 unspecified atom stereocenters. The molecule has 112 valence electrons. The van der Waals surface area contributed by atoms with Gasteiger partial charge in [0.1, 0.15) is 0 Å². The first-order chi connectivity index (χ1) is 8.95. The first-order valence-electron chi connectivity index (χ1n) is 5.55. The number of hydrogen-bond acceptors (Lipinski definition) is 5. The Balaban J connectivity index is 3.62. The monoisotopic (exact) mass is 322 g/mol. The van der Waals surface area contributed by atoms with E-state index in [1.54, 1.807) is 0 Å². The zero-order valence-corrected chi connectivity index (χ0v) is 13.0. The summed E-state index contributed by atoms with van der Waals surface area (Å²) in [6, 6.07) is 2.82. The lowest BCUT2D eigenvalue weighted by molar-refractivity contribution is -0.385. The number of nitro groups is 1. The molecule has 0 aliphatic heterocycles. The molecule has 0 aliphatic rings. The van der Waals surface area contributed by atoms with E-state index in [0.29, 0.717) is 5.56 Å². The maximum Gasteiger partial charge on any atom is 0.319 e. The summed E-state index contributed by atoms with van der Waals surface area (Å²) in [5.41, 5.74) is -0.235. The van der Waals surface area contributed by atoms with E-state index in [1.807, 2.05) is 25.5 Å². The van der Waals surface area contributed by atoms with E-state index in [1.165, 1.54) is 19.2 Å². The van der Waals surface area contributed by atoms with E-state index in [2.05, 4.69) is 0 Å². The smallest absolute Gasteiger partial charge is 0.319 e. The number of nitro benzene ring substituents is 1. The van der Waals surface area contributed by atoms with Gasteiger partial charge in [-0.25, -0.2) is 0 Å². The summed E-state index contributed by atoms with van der Waals surface area (Å²) in [6.45, 7) is 5.53. The van der Waals surface area contributed by atoms with Crippen molar-refractivity contribution < 1.29 is 18.1 Å². The van der Waals surface area contributed by atoms with Crippen LogP contribution in [0.4, 0.5) is 11.4 Å². The topological polar surface area (TPSA) is 98.5 Å². The standard InChI is InChI=1S/C11H15ClN2O5S/c1-11(2,3)7-5-8(13-20(12,17)18)10(19-4)9(6-7)14(15)16/h5-6,13H,1-4H3. The molecule has 0 aliphatic carbocycles. The molecule has 0 atom stereocenters. The van der Waals surface area contributed by atoms with Crippen molar-refractivity contribution in [3.05, 3.63) is 27.8 Å². The zero-order valence-electron chi connectivity index (χ0n) is 11.4. The van der Waals surface area contributed by atoms with Crippen LogP contribution in [-0.2, 0) is 14.7 Å². The van der Waals surface area contributed by atoms with Crippen LogP contribution >= 0.6 is 10.7 Å². The average molecular weight is 323 g/mol. The molecular weight excluding hydrogens is 308 g/mol. The third-order valence-corrected chi connectivity index (χ3v) is 3.26. The fourth-order valence-electron chi connectivity index (χ4n) is 1.60. The molecule has 7 nitrogen and oxygen atoms in total. The Morgan fingerprint density at radius 1 is 1.35 bits per heavy atom. The van der Waals surface area contributed by atoms with E-state index in [-0.39, 0.29) is 17.1 Å². The molecule has 0 radical (unpaired) electrons. The van der Waals surface area contributed by atoms with Crippen molar-refractivity contribution in [2.45, 2.75) is 26.2 Å². The Labute approximate surface area is 121 Å². The second-order valence-corrected chi connectivity index (χ2v) is 7.42. The van der Waals surface area contributed by atoms with Crippen molar-refractivity contribution in [3.8, 4) is 5.75 Å². The second kappa shape index (κ2) is 5.45. The predicted molar refractivity (Wildman–Crippen MR) is 76.7 cm³/mol. The average Bonchev–Trinajstić information content (AvgIpc) is 2.24. The van der Waals surface area contributed by atoms with Crippen molar-refractivity contribution in [1.82, 2.24) is 0 Å². The molecule has 0 spiro atoms. The van der Waals surface area contributed by atoms with Crippen LogP contribution in [0.5, 0.6) is 5.75 Å². The molecule has 0 saturated heterocycles. The fraction of sp³-hybridized carbons (Fsp3) is 0.455. The van der Waals surface area contributed by atoms with Crippen LogP contribution in [0.25, 0.3) is 0 Å². The molecule has 9 heteroatoms. The van der Waals surface area contributed by atoms with Crippen LogP contribution in [0, 0.1) is 10.1 Å². The van der Waals surface area contributed by atoms with E-state index in [0.717, 1.165) is 0 Å². The van der Waals surface area contributed by atoms with Gasteiger partial charge in [-0.15, -0.1) is 0 Å². The zero-order chi connectivity index (χ0) is 15.7. The number of halogens is 1. The van der Waals surface area contributed by atoms with Gasteiger partial charge in [0.2, 0.25) is 5.75 Å². The molecule has 0 aromatic heterocycles. The van der Waals surface area contributed by atoms with Crippen LogP contribution in [-0.4, -0.2) is 20.5 Å². The Kier molecular flexibility index (Phi) is 4.50. The number of benzene rings is 1. The first kappa shape index (κ1) is 16.5. The van der Waals surface area contributed by atoms with Crippen molar-refractivity contribution in [3.63, 3.8) is 0 Å². The van der Waals surface area contributed by atoms with Gasteiger partial charge in [0.15, 0.2) is 0 Å². The number of methoxy groups -OCH3 is 1. The van der Waals surface area contributed by atoms with Crippen LogP contribution in [0.15, 0.2) is 12.1 Å². The van der Waals surface area contributed by atoms with Gasteiger partial charge in [0.05, 0.1) is 17.7 Å². The van der Waals surface area contributed by atoms with E-state index in [4.69, 9.17) is 15.4 Å². The molecular formula is C11H15ClN2O5S. The number of hydrogen-bond donors (Lipinski definition) is 1. The minimum atomic E-state index is -4.09. The summed E-state index contributed by atoms with van der Waals surface area (Å²) < 4.78 is 29.2. The number of rotatable bonds is 4. The summed E-state index contributed by atoms with van der Waals surface area (Å²) in [5, 5.41) is 11.1.